The van der Waals surface area contributed by atoms with E-state index in [-0.39, 0.29) is 18.1 Å². The number of rotatable bonds is 4. The monoisotopic (exact) mass is 310 g/mol. The number of pyridine rings is 1. The highest BCUT2D eigenvalue weighted by atomic mass is 16.3. The number of likely N-dealkylation sites (tertiary alicyclic amines) is 1. The number of carbonyl (C=O) groups is 1. The Kier molecular flexibility index (Phi) is 4.72. The van der Waals surface area contributed by atoms with Crippen molar-refractivity contribution in [1.82, 2.24) is 9.88 Å². The minimum atomic E-state index is -0.387. The van der Waals surface area contributed by atoms with Crippen LogP contribution in [0.25, 0.3) is 11.1 Å². The maximum atomic E-state index is 12.8. The summed E-state index contributed by atoms with van der Waals surface area (Å²) < 4.78 is 0. The van der Waals surface area contributed by atoms with Crippen molar-refractivity contribution in [2.24, 2.45) is 0 Å². The Hall–Kier alpha value is -2.20. The summed E-state index contributed by atoms with van der Waals surface area (Å²) in [7, 11) is 0. The minimum absolute atomic E-state index is 0.0124. The van der Waals surface area contributed by atoms with Gasteiger partial charge >= 0.3 is 0 Å². The van der Waals surface area contributed by atoms with E-state index in [0.717, 1.165) is 30.5 Å². The van der Waals surface area contributed by atoms with Crippen LogP contribution < -0.4 is 0 Å². The molecule has 1 aliphatic heterocycles. The van der Waals surface area contributed by atoms with Crippen molar-refractivity contribution in [3.8, 4) is 11.1 Å². The first-order valence-electron chi connectivity index (χ1n) is 8.14. The Labute approximate surface area is 136 Å². The van der Waals surface area contributed by atoms with Crippen molar-refractivity contribution in [2.45, 2.75) is 38.3 Å². The fourth-order valence-corrected chi connectivity index (χ4v) is 3.25. The molecule has 2 heterocycles. The minimum Gasteiger partial charge on any atom is -0.393 e. The van der Waals surface area contributed by atoms with E-state index in [1.165, 1.54) is 0 Å². The van der Waals surface area contributed by atoms with E-state index in [9.17, 15) is 9.90 Å². The van der Waals surface area contributed by atoms with Crippen molar-refractivity contribution in [3.63, 3.8) is 0 Å². The zero-order chi connectivity index (χ0) is 16.2. The molecule has 2 aromatic rings. The molecule has 0 bridgehead atoms. The first-order valence-corrected chi connectivity index (χ1v) is 8.14. The number of aromatic nitrogens is 1. The van der Waals surface area contributed by atoms with Crippen LogP contribution in [0.5, 0.6) is 0 Å². The Balaban J connectivity index is 1.83. The van der Waals surface area contributed by atoms with Gasteiger partial charge in [0.1, 0.15) is 0 Å². The second-order valence-corrected chi connectivity index (χ2v) is 6.21. The van der Waals surface area contributed by atoms with Crippen molar-refractivity contribution >= 4 is 5.91 Å². The van der Waals surface area contributed by atoms with Crippen molar-refractivity contribution in [3.05, 3.63) is 54.4 Å². The van der Waals surface area contributed by atoms with Gasteiger partial charge in [0.15, 0.2) is 0 Å². The molecule has 1 fully saturated rings. The van der Waals surface area contributed by atoms with Crippen LogP contribution in [0.3, 0.4) is 0 Å². The van der Waals surface area contributed by atoms with Gasteiger partial charge in [-0.25, -0.2) is 0 Å². The molecule has 0 saturated carbocycles. The smallest absolute Gasteiger partial charge is 0.255 e. The lowest BCUT2D eigenvalue weighted by Crippen LogP contribution is -2.37. The zero-order valence-electron chi connectivity index (χ0n) is 13.4. The Morgan fingerprint density at radius 1 is 1.30 bits per heavy atom. The molecule has 1 amide bonds. The number of amides is 1. The van der Waals surface area contributed by atoms with Gasteiger partial charge in [0.25, 0.3) is 5.91 Å². The highest BCUT2D eigenvalue weighted by Gasteiger charge is 2.30. The molecule has 0 radical (unpaired) electrons. The number of carbonyl (C=O) groups excluding carboxylic acids is 1. The van der Waals surface area contributed by atoms with Gasteiger partial charge in [-0.15, -0.1) is 0 Å². The second kappa shape index (κ2) is 6.92. The molecule has 120 valence electrons. The first kappa shape index (κ1) is 15.7. The van der Waals surface area contributed by atoms with Gasteiger partial charge in [-0.1, -0.05) is 30.3 Å². The van der Waals surface area contributed by atoms with Crippen molar-refractivity contribution in [1.29, 1.82) is 0 Å². The van der Waals surface area contributed by atoms with E-state index in [2.05, 4.69) is 4.98 Å². The summed E-state index contributed by atoms with van der Waals surface area (Å²) in [5.74, 6) is 0.0124. The molecule has 0 spiro atoms. The molecule has 3 rings (SSSR count). The lowest BCUT2D eigenvalue weighted by molar-refractivity contribution is 0.0681. The maximum Gasteiger partial charge on any atom is 0.255 e. The lowest BCUT2D eigenvalue weighted by Gasteiger charge is -2.25. The van der Waals surface area contributed by atoms with Gasteiger partial charge in [0.2, 0.25) is 0 Å². The number of benzene rings is 1. The average Bonchev–Trinajstić information content (AvgIpc) is 3.02. The second-order valence-electron chi connectivity index (χ2n) is 6.21. The maximum absolute atomic E-state index is 12.8. The van der Waals surface area contributed by atoms with Gasteiger partial charge in [-0.2, -0.15) is 0 Å². The predicted molar refractivity (Wildman–Crippen MR) is 90.0 cm³/mol. The quantitative estimate of drug-likeness (QED) is 0.944. The largest absolute Gasteiger partial charge is 0.393 e. The number of aliphatic hydroxyl groups is 1. The molecule has 1 saturated heterocycles. The van der Waals surface area contributed by atoms with Crippen LogP contribution in [0, 0.1) is 0 Å². The van der Waals surface area contributed by atoms with Crippen molar-refractivity contribution in [2.75, 3.05) is 6.54 Å². The molecule has 1 aromatic heterocycles. The van der Waals surface area contributed by atoms with E-state index in [4.69, 9.17) is 0 Å². The number of hydrogen-bond acceptors (Lipinski definition) is 3. The Bertz CT molecular complexity index is 670. The standard InChI is InChI=1S/C19H22N2O2/c1-14(22)10-18-8-5-9-21(18)19(23)17-11-16(12-20-13-17)15-6-3-2-4-7-15/h2-4,6-7,11-14,18,22H,5,8-10H2,1H3. The molecule has 1 N–H and O–H groups in total. The topological polar surface area (TPSA) is 53.4 Å². The first-order chi connectivity index (χ1) is 11.1. The van der Waals surface area contributed by atoms with Gasteiger partial charge in [0, 0.05) is 30.5 Å². The van der Waals surface area contributed by atoms with Crippen LogP contribution in [0.4, 0.5) is 0 Å². The van der Waals surface area contributed by atoms with E-state index in [1.807, 2.05) is 41.3 Å². The molecular formula is C19H22N2O2. The normalized spacial score (nSPS) is 18.9. The molecule has 1 aliphatic rings. The molecule has 4 heteroatoms. The summed E-state index contributed by atoms with van der Waals surface area (Å²) in [5.41, 5.74) is 2.61. The van der Waals surface area contributed by atoms with E-state index in [1.54, 1.807) is 19.3 Å². The third-order valence-corrected chi connectivity index (χ3v) is 4.34. The summed E-state index contributed by atoms with van der Waals surface area (Å²) in [5, 5.41) is 9.63. The van der Waals surface area contributed by atoms with E-state index >= 15 is 0 Å². The van der Waals surface area contributed by atoms with Gasteiger partial charge < -0.3 is 10.0 Å². The number of nitrogens with zero attached hydrogens (tertiary/aromatic N) is 2. The van der Waals surface area contributed by atoms with Crippen molar-refractivity contribution < 1.29 is 9.90 Å². The predicted octanol–water partition coefficient (Wildman–Crippen LogP) is 3.12. The van der Waals surface area contributed by atoms with Gasteiger partial charge in [-0.05, 0) is 37.8 Å². The molecule has 23 heavy (non-hydrogen) atoms. The van der Waals surface area contributed by atoms with E-state index < -0.39 is 0 Å². The third-order valence-electron chi connectivity index (χ3n) is 4.34. The summed E-state index contributed by atoms with van der Waals surface area (Å²) in [6.07, 6.45) is 5.62. The number of hydrogen-bond donors (Lipinski definition) is 1. The lowest BCUT2D eigenvalue weighted by atomic mass is 10.0. The SMILES string of the molecule is CC(O)CC1CCCN1C(=O)c1cncc(-c2ccccc2)c1. The molecular weight excluding hydrogens is 288 g/mol. The highest BCUT2D eigenvalue weighted by Crippen LogP contribution is 2.25. The van der Waals surface area contributed by atoms with Crippen LogP contribution in [0.15, 0.2) is 48.8 Å². The fourth-order valence-electron chi connectivity index (χ4n) is 3.25. The Morgan fingerprint density at radius 3 is 2.83 bits per heavy atom. The van der Waals surface area contributed by atoms with E-state index in [0.29, 0.717) is 12.0 Å². The molecule has 1 aromatic carbocycles. The summed E-state index contributed by atoms with van der Waals surface area (Å²) >= 11 is 0. The zero-order valence-corrected chi connectivity index (χ0v) is 13.4. The van der Waals surface area contributed by atoms with Crippen LogP contribution in [0.2, 0.25) is 0 Å². The summed E-state index contributed by atoms with van der Waals surface area (Å²) in [6, 6.07) is 12.0. The van der Waals surface area contributed by atoms with Crippen LogP contribution in [-0.4, -0.2) is 39.6 Å². The summed E-state index contributed by atoms with van der Waals surface area (Å²) in [4.78, 5) is 19.0. The van der Waals surface area contributed by atoms with Gasteiger partial charge in [0.05, 0.1) is 11.7 Å². The molecule has 0 aliphatic carbocycles. The molecule has 2 unspecified atom stereocenters. The fraction of sp³-hybridized carbons (Fsp3) is 0.368. The number of aliphatic hydroxyl groups excluding tert-OH is 1. The molecule has 2 atom stereocenters. The third kappa shape index (κ3) is 3.59. The Morgan fingerprint density at radius 2 is 2.09 bits per heavy atom. The molecule has 4 nitrogen and oxygen atoms in total. The summed E-state index contributed by atoms with van der Waals surface area (Å²) in [6.45, 7) is 2.53. The highest BCUT2D eigenvalue weighted by molar-refractivity contribution is 5.95. The van der Waals surface area contributed by atoms with Gasteiger partial charge in [-0.3, -0.25) is 9.78 Å². The van der Waals surface area contributed by atoms with Crippen LogP contribution in [0.1, 0.15) is 36.5 Å². The average molecular weight is 310 g/mol. The van der Waals surface area contributed by atoms with Crippen LogP contribution in [-0.2, 0) is 0 Å². The van der Waals surface area contributed by atoms with Crippen LogP contribution >= 0.6 is 0 Å².